The number of ether oxygens (including phenoxy) is 1. The van der Waals surface area contributed by atoms with Gasteiger partial charge in [-0.25, -0.2) is 4.98 Å². The summed E-state index contributed by atoms with van der Waals surface area (Å²) in [5.41, 5.74) is 9.26. The number of fused-ring (bicyclic) bond motifs is 1. The van der Waals surface area contributed by atoms with Gasteiger partial charge in [0.05, 0.1) is 17.6 Å². The fourth-order valence-corrected chi connectivity index (χ4v) is 2.19. The van der Waals surface area contributed by atoms with Crippen molar-refractivity contribution >= 4 is 17.0 Å². The standard InChI is InChI=1S/C15H23N3O/c1-11(2)7-9-19-10-8-18-14-12(3)5-4-6-13(14)17-15(18)16/h4-6,11H,7-10H2,1-3H3,(H2,16,17). The lowest BCUT2D eigenvalue weighted by Gasteiger charge is -2.09. The summed E-state index contributed by atoms with van der Waals surface area (Å²) in [7, 11) is 0. The Morgan fingerprint density at radius 1 is 1.32 bits per heavy atom. The minimum atomic E-state index is 0.566. The van der Waals surface area contributed by atoms with Crippen LogP contribution in [0.3, 0.4) is 0 Å². The number of imidazole rings is 1. The topological polar surface area (TPSA) is 53.1 Å². The molecule has 0 aliphatic carbocycles. The number of aryl methyl sites for hydroxylation is 1. The molecule has 0 fully saturated rings. The van der Waals surface area contributed by atoms with Crippen LogP contribution in [-0.2, 0) is 11.3 Å². The summed E-state index contributed by atoms with van der Waals surface area (Å²) in [5, 5.41) is 0. The van der Waals surface area contributed by atoms with Crippen LogP contribution >= 0.6 is 0 Å². The highest BCUT2D eigenvalue weighted by atomic mass is 16.5. The van der Waals surface area contributed by atoms with Crippen molar-refractivity contribution in [1.82, 2.24) is 9.55 Å². The molecule has 4 heteroatoms. The van der Waals surface area contributed by atoms with Crippen molar-refractivity contribution in [3.05, 3.63) is 23.8 Å². The summed E-state index contributed by atoms with van der Waals surface area (Å²) >= 11 is 0. The Labute approximate surface area is 114 Å². The normalized spacial score (nSPS) is 11.6. The van der Waals surface area contributed by atoms with Gasteiger partial charge in [0.2, 0.25) is 5.95 Å². The second-order valence-corrected chi connectivity index (χ2v) is 5.36. The summed E-state index contributed by atoms with van der Waals surface area (Å²) in [4.78, 5) is 4.39. The molecule has 1 aromatic heterocycles. The Bertz CT molecular complexity index is 546. The number of nitrogens with zero attached hydrogens (tertiary/aromatic N) is 2. The van der Waals surface area contributed by atoms with Crippen molar-refractivity contribution in [1.29, 1.82) is 0 Å². The maximum Gasteiger partial charge on any atom is 0.201 e. The van der Waals surface area contributed by atoms with Crippen LogP contribution in [0.4, 0.5) is 5.95 Å². The largest absolute Gasteiger partial charge is 0.380 e. The highest BCUT2D eigenvalue weighted by Gasteiger charge is 2.09. The van der Waals surface area contributed by atoms with Gasteiger partial charge >= 0.3 is 0 Å². The summed E-state index contributed by atoms with van der Waals surface area (Å²) in [6.07, 6.45) is 1.10. The molecule has 2 rings (SSSR count). The van der Waals surface area contributed by atoms with E-state index in [4.69, 9.17) is 10.5 Å². The fraction of sp³-hybridized carbons (Fsp3) is 0.533. The maximum atomic E-state index is 5.98. The van der Waals surface area contributed by atoms with Crippen LogP contribution < -0.4 is 5.73 Å². The average molecular weight is 261 g/mol. The van der Waals surface area contributed by atoms with E-state index in [1.807, 2.05) is 16.7 Å². The van der Waals surface area contributed by atoms with Gasteiger partial charge in [0.1, 0.15) is 0 Å². The van der Waals surface area contributed by atoms with Crippen LogP contribution in [0.1, 0.15) is 25.8 Å². The molecule has 0 spiro atoms. The first-order valence-electron chi connectivity index (χ1n) is 6.88. The van der Waals surface area contributed by atoms with Gasteiger partial charge in [-0.15, -0.1) is 0 Å². The minimum absolute atomic E-state index is 0.566. The fourth-order valence-electron chi connectivity index (χ4n) is 2.19. The first-order chi connectivity index (χ1) is 9.09. The van der Waals surface area contributed by atoms with Crippen molar-refractivity contribution in [2.75, 3.05) is 18.9 Å². The number of nitrogens with two attached hydrogens (primary N) is 1. The van der Waals surface area contributed by atoms with Crippen molar-refractivity contribution in [3.63, 3.8) is 0 Å². The van der Waals surface area contributed by atoms with Crippen molar-refractivity contribution in [2.24, 2.45) is 5.92 Å². The molecule has 0 aliphatic rings. The zero-order chi connectivity index (χ0) is 13.8. The van der Waals surface area contributed by atoms with E-state index >= 15 is 0 Å². The molecule has 4 nitrogen and oxygen atoms in total. The highest BCUT2D eigenvalue weighted by molar-refractivity contribution is 5.81. The third kappa shape index (κ3) is 3.26. The van der Waals surface area contributed by atoms with Crippen LogP contribution in [-0.4, -0.2) is 22.8 Å². The summed E-state index contributed by atoms with van der Waals surface area (Å²) in [6.45, 7) is 8.73. The maximum absolute atomic E-state index is 5.98. The number of benzene rings is 1. The number of aromatic nitrogens is 2. The van der Waals surface area contributed by atoms with Gasteiger partial charge in [0.25, 0.3) is 0 Å². The zero-order valence-corrected chi connectivity index (χ0v) is 12.0. The first kappa shape index (κ1) is 13.9. The molecule has 0 aliphatic heterocycles. The first-order valence-corrected chi connectivity index (χ1v) is 6.88. The van der Waals surface area contributed by atoms with E-state index in [1.165, 1.54) is 5.56 Å². The molecule has 0 unspecified atom stereocenters. The van der Waals surface area contributed by atoms with Gasteiger partial charge in [-0.05, 0) is 30.9 Å². The lowest BCUT2D eigenvalue weighted by atomic mass is 10.1. The second-order valence-electron chi connectivity index (χ2n) is 5.36. The van der Waals surface area contributed by atoms with Gasteiger partial charge < -0.3 is 15.0 Å². The lowest BCUT2D eigenvalue weighted by molar-refractivity contribution is 0.117. The quantitative estimate of drug-likeness (QED) is 0.813. The smallest absolute Gasteiger partial charge is 0.201 e. The van der Waals surface area contributed by atoms with E-state index in [0.29, 0.717) is 18.5 Å². The molecule has 0 atom stereocenters. The molecule has 2 aromatic rings. The Kier molecular flexibility index (Phi) is 4.43. The Morgan fingerprint density at radius 3 is 2.84 bits per heavy atom. The number of rotatable bonds is 6. The third-order valence-electron chi connectivity index (χ3n) is 3.30. The predicted molar refractivity (Wildman–Crippen MR) is 79.2 cm³/mol. The monoisotopic (exact) mass is 261 g/mol. The summed E-state index contributed by atoms with van der Waals surface area (Å²) in [5.74, 6) is 1.25. The van der Waals surface area contributed by atoms with E-state index in [1.54, 1.807) is 0 Å². The number of para-hydroxylation sites is 1. The van der Waals surface area contributed by atoms with Crippen molar-refractivity contribution < 1.29 is 4.74 Å². The van der Waals surface area contributed by atoms with E-state index in [9.17, 15) is 0 Å². The second kappa shape index (κ2) is 6.06. The van der Waals surface area contributed by atoms with Gasteiger partial charge in [-0.3, -0.25) is 0 Å². The van der Waals surface area contributed by atoms with E-state index < -0.39 is 0 Å². The number of hydrogen-bond acceptors (Lipinski definition) is 3. The summed E-state index contributed by atoms with van der Waals surface area (Å²) < 4.78 is 7.70. The highest BCUT2D eigenvalue weighted by Crippen LogP contribution is 2.21. The number of nitrogen functional groups attached to an aromatic ring is 1. The molecule has 19 heavy (non-hydrogen) atoms. The van der Waals surface area contributed by atoms with Crippen molar-refractivity contribution in [2.45, 2.75) is 33.7 Å². The van der Waals surface area contributed by atoms with Gasteiger partial charge in [-0.2, -0.15) is 0 Å². The lowest BCUT2D eigenvalue weighted by Crippen LogP contribution is -2.10. The molecule has 0 radical (unpaired) electrons. The van der Waals surface area contributed by atoms with E-state index in [2.05, 4.69) is 31.8 Å². The molecular formula is C15H23N3O. The molecule has 0 amide bonds. The van der Waals surface area contributed by atoms with Gasteiger partial charge in [-0.1, -0.05) is 26.0 Å². The Balaban J connectivity index is 2.02. The van der Waals surface area contributed by atoms with Gasteiger partial charge in [0.15, 0.2) is 0 Å². The zero-order valence-electron chi connectivity index (χ0n) is 12.0. The molecule has 2 N–H and O–H groups in total. The number of hydrogen-bond donors (Lipinski definition) is 1. The van der Waals surface area contributed by atoms with Crippen LogP contribution in [0, 0.1) is 12.8 Å². The Morgan fingerprint density at radius 2 is 2.11 bits per heavy atom. The van der Waals surface area contributed by atoms with Crippen LogP contribution in [0.15, 0.2) is 18.2 Å². The third-order valence-corrected chi connectivity index (χ3v) is 3.30. The molecule has 0 saturated carbocycles. The van der Waals surface area contributed by atoms with E-state index in [-0.39, 0.29) is 0 Å². The minimum Gasteiger partial charge on any atom is -0.380 e. The summed E-state index contributed by atoms with van der Waals surface area (Å²) in [6, 6.07) is 6.09. The molecule has 0 bridgehead atoms. The van der Waals surface area contributed by atoms with Crippen LogP contribution in [0.25, 0.3) is 11.0 Å². The SMILES string of the molecule is Cc1cccc2nc(N)n(CCOCCC(C)C)c12. The predicted octanol–water partition coefficient (Wildman–Crippen LogP) is 2.99. The average Bonchev–Trinajstić information content (AvgIpc) is 2.66. The molecule has 104 valence electrons. The van der Waals surface area contributed by atoms with Crippen LogP contribution in [0.5, 0.6) is 0 Å². The molecule has 0 saturated heterocycles. The molecule has 1 aromatic carbocycles. The number of anilines is 1. The van der Waals surface area contributed by atoms with Gasteiger partial charge in [0, 0.05) is 13.2 Å². The van der Waals surface area contributed by atoms with Crippen LogP contribution in [0.2, 0.25) is 0 Å². The van der Waals surface area contributed by atoms with Crippen molar-refractivity contribution in [3.8, 4) is 0 Å². The molecular weight excluding hydrogens is 238 g/mol. The van der Waals surface area contributed by atoms with E-state index in [0.717, 1.165) is 30.6 Å². The Hall–Kier alpha value is -1.55. The molecule has 1 heterocycles.